The molecule has 0 bridgehead atoms. The van der Waals surface area contributed by atoms with Crippen molar-refractivity contribution in [2.45, 2.75) is 78.6 Å². The summed E-state index contributed by atoms with van der Waals surface area (Å²) in [5.74, 6) is 0.868. The standard InChI is InChI=1S/C57H52N4O2/c1-55(2,3)38-21-22-47(42(28-38)34-16-11-10-12-17-34)61-48-33-58-32-46(44-30-45-41-19-13-14-20-50(41)63-51(45)31-49(44)62)53(48)60-54(61)37-24-36(26-39(27-37)56(4,5)6)43-29-40(57(7,8)9)25-35-18-15-23-59-52(35)43/h10-33,62H,1-9H3. The van der Waals surface area contributed by atoms with Crippen LogP contribution in [0.4, 0.5) is 0 Å². The molecule has 6 heteroatoms. The molecule has 0 saturated heterocycles. The molecule has 1 N–H and O–H groups in total. The summed E-state index contributed by atoms with van der Waals surface area (Å²) < 4.78 is 8.45. The summed E-state index contributed by atoms with van der Waals surface area (Å²) in [5.41, 5.74) is 14.9. The van der Waals surface area contributed by atoms with Crippen LogP contribution in [0.2, 0.25) is 0 Å². The largest absolute Gasteiger partial charge is 0.507 e. The van der Waals surface area contributed by atoms with E-state index in [9.17, 15) is 5.11 Å². The topological polar surface area (TPSA) is 77.0 Å². The van der Waals surface area contributed by atoms with Crippen molar-refractivity contribution in [2.24, 2.45) is 0 Å². The SMILES string of the molecule is CC(C)(C)c1cc(-c2cc(C(C)(C)C)cc3cccnc23)cc(-c2nc3c(-c4cc5c(cc4O)oc4ccccc45)cncc3n2-c2ccc(C(C)(C)C)cc2-c2ccccc2)c1. The molecule has 0 aliphatic heterocycles. The molecular formula is C57H52N4O2. The summed E-state index contributed by atoms with van der Waals surface area (Å²) in [6, 6.07) is 44.8. The van der Waals surface area contributed by atoms with Crippen LogP contribution in [-0.2, 0) is 16.2 Å². The van der Waals surface area contributed by atoms with E-state index in [0.29, 0.717) is 11.1 Å². The average molecular weight is 825 g/mol. The number of furan rings is 1. The summed E-state index contributed by atoms with van der Waals surface area (Å²) >= 11 is 0. The third kappa shape index (κ3) is 7.04. The van der Waals surface area contributed by atoms with Crippen LogP contribution >= 0.6 is 0 Å². The molecule has 6 nitrogen and oxygen atoms in total. The van der Waals surface area contributed by atoms with Gasteiger partial charge in [-0.25, -0.2) is 4.98 Å². The number of fused-ring (bicyclic) bond motifs is 5. The van der Waals surface area contributed by atoms with Gasteiger partial charge in [-0.2, -0.15) is 0 Å². The van der Waals surface area contributed by atoms with Gasteiger partial charge in [0, 0.05) is 62.4 Å². The van der Waals surface area contributed by atoms with Crippen LogP contribution in [0.25, 0.3) is 94.3 Å². The van der Waals surface area contributed by atoms with Crippen molar-refractivity contribution >= 4 is 43.9 Å². The van der Waals surface area contributed by atoms with Crippen LogP contribution in [0.15, 0.2) is 150 Å². The fourth-order valence-corrected chi connectivity index (χ4v) is 8.84. The van der Waals surface area contributed by atoms with Gasteiger partial charge in [-0.1, -0.05) is 129 Å². The van der Waals surface area contributed by atoms with Gasteiger partial charge in [0.15, 0.2) is 0 Å². The molecule has 4 heterocycles. The zero-order valence-electron chi connectivity index (χ0n) is 37.5. The molecule has 6 aromatic carbocycles. The molecule has 4 aromatic heterocycles. The molecule has 63 heavy (non-hydrogen) atoms. The van der Waals surface area contributed by atoms with Crippen molar-refractivity contribution in [3.8, 4) is 56.2 Å². The predicted molar refractivity (Wildman–Crippen MR) is 261 cm³/mol. The Morgan fingerprint density at radius 1 is 0.508 bits per heavy atom. The number of hydrogen-bond donors (Lipinski definition) is 1. The zero-order valence-corrected chi connectivity index (χ0v) is 37.5. The summed E-state index contributed by atoms with van der Waals surface area (Å²) in [6.45, 7) is 20.3. The first-order valence-electron chi connectivity index (χ1n) is 21.8. The summed E-state index contributed by atoms with van der Waals surface area (Å²) in [6.07, 6.45) is 5.61. The molecule has 0 spiro atoms. The van der Waals surface area contributed by atoms with Crippen molar-refractivity contribution in [2.75, 3.05) is 0 Å². The van der Waals surface area contributed by atoms with Gasteiger partial charge in [0.2, 0.25) is 0 Å². The number of para-hydroxylation sites is 1. The third-order valence-corrected chi connectivity index (χ3v) is 12.5. The fraction of sp³-hybridized carbons (Fsp3) is 0.211. The molecule has 0 aliphatic rings. The van der Waals surface area contributed by atoms with Gasteiger partial charge >= 0.3 is 0 Å². The number of nitrogens with zero attached hydrogens (tertiary/aromatic N) is 4. The van der Waals surface area contributed by atoms with E-state index >= 15 is 0 Å². The van der Waals surface area contributed by atoms with Gasteiger partial charge in [-0.15, -0.1) is 0 Å². The quantitative estimate of drug-likeness (QED) is 0.187. The Morgan fingerprint density at radius 2 is 1.21 bits per heavy atom. The van der Waals surface area contributed by atoms with Crippen LogP contribution in [0.5, 0.6) is 5.75 Å². The van der Waals surface area contributed by atoms with E-state index in [2.05, 4.69) is 158 Å². The Kier molecular flexibility index (Phi) is 9.23. The van der Waals surface area contributed by atoms with Crippen LogP contribution in [0.3, 0.4) is 0 Å². The molecule has 0 amide bonds. The first-order valence-corrected chi connectivity index (χ1v) is 21.8. The monoisotopic (exact) mass is 824 g/mol. The normalized spacial score (nSPS) is 12.6. The van der Waals surface area contributed by atoms with Crippen molar-refractivity contribution in [3.05, 3.63) is 163 Å². The maximum absolute atomic E-state index is 11.8. The number of phenolic OH excluding ortho intramolecular Hbond substituents is 1. The highest BCUT2D eigenvalue weighted by Crippen LogP contribution is 2.45. The molecule has 10 aromatic rings. The van der Waals surface area contributed by atoms with E-state index in [0.717, 1.165) is 83.2 Å². The summed E-state index contributed by atoms with van der Waals surface area (Å²) in [4.78, 5) is 15.5. The molecule has 0 fully saturated rings. The van der Waals surface area contributed by atoms with Crippen molar-refractivity contribution < 1.29 is 9.52 Å². The minimum atomic E-state index is -0.197. The van der Waals surface area contributed by atoms with Crippen LogP contribution < -0.4 is 0 Å². The number of aromatic nitrogens is 4. The van der Waals surface area contributed by atoms with Gasteiger partial charge in [0.05, 0.1) is 22.9 Å². The lowest BCUT2D eigenvalue weighted by Gasteiger charge is -2.24. The maximum Gasteiger partial charge on any atom is 0.145 e. The highest BCUT2D eigenvalue weighted by atomic mass is 16.3. The number of rotatable bonds is 5. The molecular weight excluding hydrogens is 773 g/mol. The lowest BCUT2D eigenvalue weighted by Crippen LogP contribution is -2.13. The molecule has 312 valence electrons. The van der Waals surface area contributed by atoms with Gasteiger partial charge in [-0.3, -0.25) is 14.5 Å². The van der Waals surface area contributed by atoms with Gasteiger partial charge < -0.3 is 9.52 Å². The minimum absolute atomic E-state index is 0.0784. The van der Waals surface area contributed by atoms with Gasteiger partial charge in [0.1, 0.15) is 28.3 Å². The molecule has 0 atom stereocenters. The lowest BCUT2D eigenvalue weighted by atomic mass is 9.81. The predicted octanol–water partition coefficient (Wildman–Crippen LogP) is 15.1. The Bertz CT molecular complexity index is 3410. The van der Waals surface area contributed by atoms with E-state index in [1.807, 2.05) is 48.9 Å². The number of imidazole rings is 1. The van der Waals surface area contributed by atoms with Crippen LogP contribution in [-0.4, -0.2) is 24.6 Å². The van der Waals surface area contributed by atoms with Gasteiger partial charge in [0.25, 0.3) is 0 Å². The van der Waals surface area contributed by atoms with Crippen molar-refractivity contribution in [3.63, 3.8) is 0 Å². The number of pyridine rings is 2. The molecule has 10 rings (SSSR count). The van der Waals surface area contributed by atoms with Crippen LogP contribution in [0.1, 0.15) is 79.0 Å². The van der Waals surface area contributed by atoms with Crippen LogP contribution in [0, 0.1) is 0 Å². The highest BCUT2D eigenvalue weighted by molar-refractivity contribution is 6.09. The van der Waals surface area contributed by atoms with E-state index in [-0.39, 0.29) is 22.0 Å². The zero-order chi connectivity index (χ0) is 44.0. The first-order chi connectivity index (χ1) is 30.0. The van der Waals surface area contributed by atoms with E-state index < -0.39 is 0 Å². The second kappa shape index (κ2) is 14.5. The summed E-state index contributed by atoms with van der Waals surface area (Å²) in [5, 5.41) is 14.8. The Hall–Kier alpha value is -7.05. The number of phenols is 1. The van der Waals surface area contributed by atoms with Crippen molar-refractivity contribution in [1.82, 2.24) is 19.5 Å². The molecule has 0 radical (unpaired) electrons. The smallest absolute Gasteiger partial charge is 0.145 e. The number of benzene rings is 6. The fourth-order valence-electron chi connectivity index (χ4n) is 8.84. The lowest BCUT2D eigenvalue weighted by molar-refractivity contribution is 0.477. The molecule has 0 aliphatic carbocycles. The Morgan fingerprint density at radius 3 is 1.97 bits per heavy atom. The number of hydrogen-bond acceptors (Lipinski definition) is 5. The van der Waals surface area contributed by atoms with Gasteiger partial charge in [-0.05, 0) is 98.7 Å². The second-order valence-corrected chi connectivity index (χ2v) is 20.0. The summed E-state index contributed by atoms with van der Waals surface area (Å²) in [7, 11) is 0. The molecule has 0 saturated carbocycles. The van der Waals surface area contributed by atoms with E-state index in [1.165, 1.54) is 16.7 Å². The van der Waals surface area contributed by atoms with E-state index in [4.69, 9.17) is 19.4 Å². The Labute approximate surface area is 368 Å². The Balaban J connectivity index is 1.32. The minimum Gasteiger partial charge on any atom is -0.507 e. The third-order valence-electron chi connectivity index (χ3n) is 12.5. The molecule has 0 unspecified atom stereocenters. The van der Waals surface area contributed by atoms with Crippen molar-refractivity contribution in [1.29, 1.82) is 0 Å². The second-order valence-electron chi connectivity index (χ2n) is 20.0. The number of aromatic hydroxyl groups is 1. The first kappa shape index (κ1) is 40.0. The average Bonchev–Trinajstić information content (AvgIpc) is 3.83. The maximum atomic E-state index is 11.8. The highest BCUT2D eigenvalue weighted by Gasteiger charge is 2.27. The van der Waals surface area contributed by atoms with E-state index in [1.54, 1.807) is 6.07 Å².